The molecule has 0 aliphatic heterocycles. The molecule has 0 aromatic carbocycles. The van der Waals surface area contributed by atoms with Crippen molar-refractivity contribution in [2.45, 2.75) is 12.8 Å². The molecule has 0 aliphatic rings. The third-order valence-electron chi connectivity index (χ3n) is 0.314. The normalized spacial score (nSPS) is 9.17. The molecule has 0 saturated carbocycles. The van der Waals surface area contributed by atoms with Crippen LogP contribution in [0.25, 0.3) is 0 Å². The van der Waals surface area contributed by atoms with Crippen LogP contribution >= 0.6 is 0 Å². The first-order valence-corrected chi connectivity index (χ1v) is 1.59. The zero-order chi connectivity index (χ0) is 4.99. The summed E-state index contributed by atoms with van der Waals surface area (Å²) in [6, 6.07) is 0. The molecule has 0 saturated heterocycles. The van der Waals surface area contributed by atoms with E-state index in [0.717, 1.165) is 6.08 Å². The Morgan fingerprint density at radius 2 is 2.17 bits per heavy atom. The van der Waals surface area contributed by atoms with Crippen LogP contribution in [0.1, 0.15) is 6.42 Å². The maximum Gasteiger partial charge on any atom is 0.242 e. The van der Waals surface area contributed by atoms with E-state index in [1.807, 2.05) is 0 Å². The fraction of sp³-hybridized carbons (Fsp3) is 0.500. The fourth-order valence-electron chi connectivity index (χ4n) is 0.103. The summed E-state index contributed by atoms with van der Waals surface area (Å²) in [5.74, 6) is 0. The molecule has 0 spiro atoms. The predicted molar refractivity (Wildman–Crippen MR) is 19.5 cm³/mol. The van der Waals surface area contributed by atoms with E-state index in [4.69, 9.17) is 0 Å². The smallest absolute Gasteiger partial charge is 0.210 e. The minimum atomic E-state index is -2.28. The van der Waals surface area contributed by atoms with Crippen molar-refractivity contribution >= 4 is 0 Å². The zero-order valence-corrected chi connectivity index (χ0v) is 3.20. The number of alkyl halides is 2. The second kappa shape index (κ2) is 2.82. The third kappa shape index (κ3) is 3.60. The SMILES string of the molecule is [CH]=CCC(F)F. The summed E-state index contributed by atoms with van der Waals surface area (Å²) in [5, 5.41) is 0. The van der Waals surface area contributed by atoms with Crippen molar-refractivity contribution in [2.24, 2.45) is 0 Å². The molecular weight excluding hydrogens is 86.0 g/mol. The summed E-state index contributed by atoms with van der Waals surface area (Å²) >= 11 is 0. The van der Waals surface area contributed by atoms with Gasteiger partial charge < -0.3 is 0 Å². The molecule has 0 unspecified atom stereocenters. The highest BCUT2D eigenvalue weighted by atomic mass is 19.3. The van der Waals surface area contributed by atoms with Crippen LogP contribution in [-0.2, 0) is 0 Å². The molecule has 0 rings (SSSR count). The highest BCUT2D eigenvalue weighted by Crippen LogP contribution is 1.96. The van der Waals surface area contributed by atoms with E-state index in [1.54, 1.807) is 0 Å². The third-order valence-corrected chi connectivity index (χ3v) is 0.314. The van der Waals surface area contributed by atoms with Gasteiger partial charge in [0.15, 0.2) is 0 Å². The maximum atomic E-state index is 10.9. The van der Waals surface area contributed by atoms with Crippen molar-refractivity contribution in [1.82, 2.24) is 0 Å². The summed E-state index contributed by atoms with van der Waals surface area (Å²) in [4.78, 5) is 0. The lowest BCUT2D eigenvalue weighted by Crippen LogP contribution is -1.82. The van der Waals surface area contributed by atoms with Gasteiger partial charge in [-0.3, -0.25) is 0 Å². The Morgan fingerprint density at radius 1 is 1.67 bits per heavy atom. The molecule has 0 aromatic rings. The van der Waals surface area contributed by atoms with Gasteiger partial charge in [-0.25, -0.2) is 8.78 Å². The molecule has 0 bridgehead atoms. The highest BCUT2D eigenvalue weighted by molar-refractivity contribution is 4.62. The largest absolute Gasteiger partial charge is 0.242 e. The Kier molecular flexibility index (Phi) is 2.63. The Morgan fingerprint density at radius 3 is 2.17 bits per heavy atom. The van der Waals surface area contributed by atoms with Crippen LogP contribution in [-0.4, -0.2) is 6.43 Å². The number of hydrogen-bond acceptors (Lipinski definition) is 0. The van der Waals surface area contributed by atoms with Crippen molar-refractivity contribution < 1.29 is 8.78 Å². The molecule has 0 fully saturated rings. The van der Waals surface area contributed by atoms with E-state index < -0.39 is 6.43 Å². The fourth-order valence-corrected chi connectivity index (χ4v) is 0.103. The van der Waals surface area contributed by atoms with E-state index in [1.165, 1.54) is 0 Å². The lowest BCUT2D eigenvalue weighted by Gasteiger charge is -1.83. The average molecular weight is 91.1 g/mol. The Labute approximate surface area is 35.5 Å². The van der Waals surface area contributed by atoms with Gasteiger partial charge in [0.25, 0.3) is 0 Å². The van der Waals surface area contributed by atoms with Crippen LogP contribution in [0.15, 0.2) is 6.08 Å². The Balaban J connectivity index is 2.81. The summed E-state index contributed by atoms with van der Waals surface area (Å²) in [6.45, 7) is 4.62. The Hall–Kier alpha value is -0.400. The standard InChI is InChI=1S/C4H5F2/c1-2-3-4(5)6/h1-2,4H,3H2. The van der Waals surface area contributed by atoms with Crippen molar-refractivity contribution in [3.63, 3.8) is 0 Å². The first-order valence-electron chi connectivity index (χ1n) is 1.59. The van der Waals surface area contributed by atoms with E-state index in [0.29, 0.717) is 0 Å². The molecule has 0 aliphatic carbocycles. The second-order valence-corrected chi connectivity index (χ2v) is 0.862. The van der Waals surface area contributed by atoms with Crippen LogP contribution in [0.2, 0.25) is 0 Å². The van der Waals surface area contributed by atoms with Gasteiger partial charge >= 0.3 is 0 Å². The minimum absolute atomic E-state index is 0.306. The van der Waals surface area contributed by atoms with Crippen molar-refractivity contribution in [2.75, 3.05) is 0 Å². The van der Waals surface area contributed by atoms with Gasteiger partial charge in [0.2, 0.25) is 6.43 Å². The molecule has 35 valence electrons. The average Bonchev–Trinajstić information content (AvgIpc) is 1.35. The van der Waals surface area contributed by atoms with Crippen LogP contribution in [0.5, 0.6) is 0 Å². The molecule has 1 radical (unpaired) electrons. The van der Waals surface area contributed by atoms with Gasteiger partial charge in [0.1, 0.15) is 0 Å². The van der Waals surface area contributed by atoms with Crippen LogP contribution in [0.4, 0.5) is 8.78 Å². The summed E-state index contributed by atoms with van der Waals surface area (Å²) in [6.07, 6.45) is -1.64. The van der Waals surface area contributed by atoms with Crippen LogP contribution in [0.3, 0.4) is 0 Å². The molecule has 0 amide bonds. The minimum Gasteiger partial charge on any atom is -0.210 e. The number of hydrogen-bond donors (Lipinski definition) is 0. The molecule has 0 aromatic heterocycles. The summed E-state index contributed by atoms with van der Waals surface area (Å²) in [5.41, 5.74) is 0. The van der Waals surface area contributed by atoms with Crippen LogP contribution in [0, 0.1) is 6.58 Å². The molecule has 0 nitrogen and oxygen atoms in total. The molecule has 0 heterocycles. The lowest BCUT2D eigenvalue weighted by molar-refractivity contribution is 0.152. The number of halogens is 2. The van der Waals surface area contributed by atoms with Gasteiger partial charge in [-0.1, -0.05) is 12.7 Å². The molecule has 0 atom stereocenters. The van der Waals surface area contributed by atoms with Crippen LogP contribution < -0.4 is 0 Å². The topological polar surface area (TPSA) is 0 Å². The summed E-state index contributed by atoms with van der Waals surface area (Å²) < 4.78 is 21.8. The van der Waals surface area contributed by atoms with E-state index in [-0.39, 0.29) is 6.42 Å². The maximum absolute atomic E-state index is 10.9. The molecule has 2 heteroatoms. The monoisotopic (exact) mass is 91.0 g/mol. The number of rotatable bonds is 2. The molecule has 0 N–H and O–H groups in total. The highest BCUT2D eigenvalue weighted by Gasteiger charge is 1.93. The van der Waals surface area contributed by atoms with Gasteiger partial charge in [-0.2, -0.15) is 0 Å². The lowest BCUT2D eigenvalue weighted by atomic mass is 10.5. The van der Waals surface area contributed by atoms with Crippen molar-refractivity contribution in [3.05, 3.63) is 12.7 Å². The zero-order valence-electron chi connectivity index (χ0n) is 3.20. The molecule has 6 heavy (non-hydrogen) atoms. The predicted octanol–water partition coefficient (Wildman–Crippen LogP) is 1.63. The molecular formula is C4H5F2. The van der Waals surface area contributed by atoms with Crippen molar-refractivity contribution in [3.8, 4) is 0 Å². The van der Waals surface area contributed by atoms with E-state index >= 15 is 0 Å². The first-order chi connectivity index (χ1) is 2.77. The van der Waals surface area contributed by atoms with Gasteiger partial charge in [0.05, 0.1) is 0 Å². The quantitative estimate of drug-likeness (QED) is 0.484. The van der Waals surface area contributed by atoms with Gasteiger partial charge in [-0.05, 0) is 0 Å². The van der Waals surface area contributed by atoms with E-state index in [2.05, 4.69) is 6.58 Å². The summed E-state index contributed by atoms with van der Waals surface area (Å²) in [7, 11) is 0. The van der Waals surface area contributed by atoms with Crippen molar-refractivity contribution in [1.29, 1.82) is 0 Å². The van der Waals surface area contributed by atoms with Gasteiger partial charge in [0, 0.05) is 6.42 Å². The van der Waals surface area contributed by atoms with Gasteiger partial charge in [-0.15, -0.1) is 0 Å². The second-order valence-electron chi connectivity index (χ2n) is 0.862. The van der Waals surface area contributed by atoms with E-state index in [9.17, 15) is 8.78 Å². The Bertz CT molecular complexity index is 40.8. The number of allylic oxidation sites excluding steroid dienone is 1. The first kappa shape index (κ1) is 5.60.